The summed E-state index contributed by atoms with van der Waals surface area (Å²) in [5.74, 6) is -1.55. The molecule has 2 amide bonds. The highest BCUT2D eigenvalue weighted by Gasteiger charge is 2.45. The molecule has 1 unspecified atom stereocenters. The molecular formula is C19H22BrNO4. The quantitative estimate of drug-likeness (QED) is 0.559. The molecular weight excluding hydrogens is 386 g/mol. The average molecular weight is 408 g/mol. The molecule has 1 saturated carbocycles. The topological polar surface area (TPSA) is 63.7 Å². The fourth-order valence-electron chi connectivity index (χ4n) is 3.58. The predicted molar refractivity (Wildman–Crippen MR) is 96.2 cm³/mol. The van der Waals surface area contributed by atoms with Crippen molar-refractivity contribution in [3.8, 4) is 0 Å². The van der Waals surface area contributed by atoms with Crippen molar-refractivity contribution in [3.63, 3.8) is 0 Å². The van der Waals surface area contributed by atoms with E-state index in [9.17, 15) is 14.4 Å². The lowest BCUT2D eigenvalue weighted by Crippen LogP contribution is -2.49. The maximum Gasteiger partial charge on any atom is 0.329 e. The van der Waals surface area contributed by atoms with Gasteiger partial charge in [0.05, 0.1) is 11.1 Å². The van der Waals surface area contributed by atoms with E-state index in [-0.39, 0.29) is 12.0 Å². The Morgan fingerprint density at radius 3 is 2.40 bits per heavy atom. The number of hydrogen-bond acceptors (Lipinski definition) is 4. The Kier molecular flexibility index (Phi) is 5.27. The van der Waals surface area contributed by atoms with E-state index in [4.69, 9.17) is 4.74 Å². The Morgan fingerprint density at radius 1 is 1.12 bits per heavy atom. The van der Waals surface area contributed by atoms with Gasteiger partial charge in [-0.2, -0.15) is 0 Å². The molecule has 0 radical (unpaired) electrons. The second kappa shape index (κ2) is 7.28. The van der Waals surface area contributed by atoms with Gasteiger partial charge in [-0.05, 0) is 49.8 Å². The summed E-state index contributed by atoms with van der Waals surface area (Å²) >= 11 is 3.32. The highest BCUT2D eigenvalue weighted by atomic mass is 79.9. The van der Waals surface area contributed by atoms with Crippen molar-refractivity contribution in [1.29, 1.82) is 0 Å². The Hall–Kier alpha value is -1.69. The molecule has 1 aromatic carbocycles. The molecule has 2 aliphatic rings. The van der Waals surface area contributed by atoms with Gasteiger partial charge in [0.25, 0.3) is 11.8 Å². The predicted octanol–water partition coefficient (Wildman–Crippen LogP) is 3.95. The lowest BCUT2D eigenvalue weighted by Gasteiger charge is -2.30. The number of carbonyl (C=O) groups is 3. The average Bonchev–Trinajstić information content (AvgIpc) is 2.80. The van der Waals surface area contributed by atoms with Crippen LogP contribution in [0.4, 0.5) is 0 Å². The van der Waals surface area contributed by atoms with Crippen LogP contribution in [0.25, 0.3) is 0 Å². The number of carbonyl (C=O) groups excluding carboxylic acids is 3. The second-order valence-corrected chi connectivity index (χ2v) is 7.97. The molecule has 1 aromatic rings. The van der Waals surface area contributed by atoms with Crippen molar-refractivity contribution >= 4 is 33.7 Å². The smallest absolute Gasteiger partial charge is 0.329 e. The number of rotatable bonds is 4. The molecule has 6 heteroatoms. The monoisotopic (exact) mass is 407 g/mol. The van der Waals surface area contributed by atoms with Gasteiger partial charge in [-0.15, -0.1) is 0 Å². The fourth-order valence-corrected chi connectivity index (χ4v) is 3.94. The van der Waals surface area contributed by atoms with Crippen molar-refractivity contribution in [2.45, 2.75) is 58.1 Å². The molecule has 1 aliphatic carbocycles. The third-order valence-corrected chi connectivity index (χ3v) is 5.36. The van der Waals surface area contributed by atoms with Crippen molar-refractivity contribution < 1.29 is 19.1 Å². The molecule has 0 bridgehead atoms. The van der Waals surface area contributed by atoms with Gasteiger partial charge in [0.1, 0.15) is 12.1 Å². The Balaban J connectivity index is 1.84. The van der Waals surface area contributed by atoms with Crippen molar-refractivity contribution in [1.82, 2.24) is 4.90 Å². The first-order chi connectivity index (χ1) is 11.9. The SMILES string of the molecule is CC(C)C(C(=O)OC1CCCCC1)N1C(=O)c2ccc(Br)cc2C1=O. The summed E-state index contributed by atoms with van der Waals surface area (Å²) in [4.78, 5) is 39.4. The van der Waals surface area contributed by atoms with Crippen LogP contribution in [0.5, 0.6) is 0 Å². The number of halogens is 1. The number of hydrogen-bond donors (Lipinski definition) is 0. The van der Waals surface area contributed by atoms with Crippen LogP contribution in [0, 0.1) is 5.92 Å². The summed E-state index contributed by atoms with van der Waals surface area (Å²) < 4.78 is 6.37. The van der Waals surface area contributed by atoms with E-state index in [2.05, 4.69) is 15.9 Å². The molecule has 0 N–H and O–H groups in total. The Bertz CT molecular complexity index is 709. The highest BCUT2D eigenvalue weighted by molar-refractivity contribution is 9.10. The number of fused-ring (bicyclic) bond motifs is 1. The van der Waals surface area contributed by atoms with Crippen LogP contribution in [-0.2, 0) is 9.53 Å². The molecule has 3 rings (SSSR count). The number of nitrogens with zero attached hydrogens (tertiary/aromatic N) is 1. The van der Waals surface area contributed by atoms with Crippen LogP contribution in [0.2, 0.25) is 0 Å². The second-order valence-electron chi connectivity index (χ2n) is 7.06. The minimum Gasteiger partial charge on any atom is -0.461 e. The first-order valence-corrected chi connectivity index (χ1v) is 9.57. The number of ether oxygens (including phenoxy) is 1. The van der Waals surface area contributed by atoms with Gasteiger partial charge < -0.3 is 4.74 Å². The summed E-state index contributed by atoms with van der Waals surface area (Å²) in [6.45, 7) is 3.65. The summed E-state index contributed by atoms with van der Waals surface area (Å²) in [5, 5.41) is 0. The molecule has 1 atom stereocenters. The normalized spacial score (nSPS) is 19.3. The van der Waals surface area contributed by atoms with Crippen LogP contribution in [0.3, 0.4) is 0 Å². The van der Waals surface area contributed by atoms with Crippen LogP contribution < -0.4 is 0 Å². The zero-order valence-electron chi connectivity index (χ0n) is 14.5. The number of benzene rings is 1. The molecule has 1 fully saturated rings. The fraction of sp³-hybridized carbons (Fsp3) is 0.526. The largest absolute Gasteiger partial charge is 0.461 e. The summed E-state index contributed by atoms with van der Waals surface area (Å²) in [7, 11) is 0. The number of esters is 1. The van der Waals surface area contributed by atoms with Crippen molar-refractivity contribution in [2.24, 2.45) is 5.92 Å². The zero-order valence-corrected chi connectivity index (χ0v) is 16.0. The Morgan fingerprint density at radius 2 is 1.76 bits per heavy atom. The highest BCUT2D eigenvalue weighted by Crippen LogP contribution is 2.30. The lowest BCUT2D eigenvalue weighted by molar-refractivity contribution is -0.156. The minimum absolute atomic E-state index is 0.105. The van der Waals surface area contributed by atoms with E-state index in [1.165, 1.54) is 0 Å². The molecule has 1 aliphatic heterocycles. The Labute approximate surface area is 155 Å². The third kappa shape index (κ3) is 3.50. The van der Waals surface area contributed by atoms with E-state index in [0.29, 0.717) is 11.1 Å². The van der Waals surface area contributed by atoms with Crippen LogP contribution >= 0.6 is 15.9 Å². The van der Waals surface area contributed by atoms with Gasteiger partial charge >= 0.3 is 5.97 Å². The summed E-state index contributed by atoms with van der Waals surface area (Å²) in [6, 6.07) is 4.06. The molecule has 0 aromatic heterocycles. The summed E-state index contributed by atoms with van der Waals surface area (Å²) in [6.07, 6.45) is 4.86. The molecule has 134 valence electrons. The summed E-state index contributed by atoms with van der Waals surface area (Å²) in [5.41, 5.74) is 0.666. The van der Waals surface area contributed by atoms with Gasteiger partial charge in [-0.25, -0.2) is 4.79 Å². The van der Waals surface area contributed by atoms with Crippen LogP contribution in [0.15, 0.2) is 22.7 Å². The van der Waals surface area contributed by atoms with Gasteiger partial charge in [-0.1, -0.05) is 36.2 Å². The van der Waals surface area contributed by atoms with Crippen LogP contribution in [0.1, 0.15) is 66.7 Å². The van der Waals surface area contributed by atoms with E-state index in [1.807, 2.05) is 13.8 Å². The standard InChI is InChI=1S/C19H22BrNO4/c1-11(2)16(19(24)25-13-6-4-3-5-7-13)21-17(22)14-9-8-12(20)10-15(14)18(21)23/h8-11,13,16H,3-7H2,1-2H3. The lowest BCUT2D eigenvalue weighted by atomic mass is 9.97. The third-order valence-electron chi connectivity index (χ3n) is 4.87. The van der Waals surface area contributed by atoms with Gasteiger partial charge in [0, 0.05) is 4.47 Å². The van der Waals surface area contributed by atoms with Crippen molar-refractivity contribution in [2.75, 3.05) is 0 Å². The maximum atomic E-state index is 12.8. The number of imide groups is 1. The molecule has 0 saturated heterocycles. The maximum absolute atomic E-state index is 12.8. The first-order valence-electron chi connectivity index (χ1n) is 8.78. The van der Waals surface area contributed by atoms with E-state index < -0.39 is 23.8 Å². The van der Waals surface area contributed by atoms with Gasteiger partial charge in [0.2, 0.25) is 0 Å². The molecule has 1 heterocycles. The molecule has 0 spiro atoms. The van der Waals surface area contributed by atoms with E-state index in [1.54, 1.807) is 18.2 Å². The van der Waals surface area contributed by atoms with Crippen LogP contribution in [-0.4, -0.2) is 34.8 Å². The van der Waals surface area contributed by atoms with E-state index >= 15 is 0 Å². The molecule has 5 nitrogen and oxygen atoms in total. The van der Waals surface area contributed by atoms with E-state index in [0.717, 1.165) is 41.5 Å². The van der Waals surface area contributed by atoms with Gasteiger partial charge in [-0.3, -0.25) is 14.5 Å². The molecule has 25 heavy (non-hydrogen) atoms. The number of amides is 2. The van der Waals surface area contributed by atoms with Crippen molar-refractivity contribution in [3.05, 3.63) is 33.8 Å². The first kappa shape index (κ1) is 18.1. The zero-order chi connectivity index (χ0) is 18.1. The minimum atomic E-state index is -0.895. The van der Waals surface area contributed by atoms with Gasteiger partial charge in [0.15, 0.2) is 0 Å².